The van der Waals surface area contributed by atoms with E-state index < -0.39 is 17.8 Å². The van der Waals surface area contributed by atoms with E-state index in [0.717, 1.165) is 21.7 Å². The molecule has 0 heterocycles. The van der Waals surface area contributed by atoms with E-state index in [9.17, 15) is 15.3 Å². The van der Waals surface area contributed by atoms with Crippen molar-refractivity contribution in [3.8, 4) is 11.8 Å². The molecule has 3 N–H and O–H groups in total. The van der Waals surface area contributed by atoms with Crippen LogP contribution in [0, 0.1) is 11.8 Å². The molecule has 0 spiro atoms. The van der Waals surface area contributed by atoms with Gasteiger partial charge in [0, 0.05) is 5.56 Å². The Morgan fingerprint density at radius 1 is 0.710 bits per heavy atom. The SMILES string of the molecule is CC(O)(c1ccccc1)C(O)(C#Cc1ccc2ccc3cccc4ccc1c2c34)CO. The van der Waals surface area contributed by atoms with Crippen LogP contribution in [-0.2, 0) is 5.60 Å². The van der Waals surface area contributed by atoms with E-state index in [4.69, 9.17) is 0 Å². The molecule has 5 aromatic carbocycles. The summed E-state index contributed by atoms with van der Waals surface area (Å²) in [6, 6.07) is 27.3. The summed E-state index contributed by atoms with van der Waals surface area (Å²) < 4.78 is 0. The molecule has 0 aromatic heterocycles. The summed E-state index contributed by atoms with van der Waals surface area (Å²) in [6.07, 6.45) is 0. The van der Waals surface area contributed by atoms with Gasteiger partial charge in [-0.05, 0) is 50.9 Å². The van der Waals surface area contributed by atoms with Crippen molar-refractivity contribution in [3.05, 3.63) is 96.1 Å². The standard InChI is InChI=1S/C28H22O3/c1-27(30,23-8-3-2-4-9-23)28(31,18-29)17-16-19-10-11-22-13-12-20-6-5-7-21-14-15-24(19)26(22)25(20)21/h2-15,29-31H,18H2,1H3. The third kappa shape index (κ3) is 2.97. The molecular weight excluding hydrogens is 384 g/mol. The van der Waals surface area contributed by atoms with Gasteiger partial charge in [0.05, 0.1) is 6.61 Å². The zero-order valence-electron chi connectivity index (χ0n) is 17.1. The molecule has 2 atom stereocenters. The van der Waals surface area contributed by atoms with Crippen molar-refractivity contribution >= 4 is 32.3 Å². The maximum absolute atomic E-state index is 11.1. The van der Waals surface area contributed by atoms with Crippen LogP contribution in [0.4, 0.5) is 0 Å². The summed E-state index contributed by atoms with van der Waals surface area (Å²) >= 11 is 0. The fourth-order valence-electron chi connectivity index (χ4n) is 4.33. The van der Waals surface area contributed by atoms with Crippen molar-refractivity contribution in [1.29, 1.82) is 0 Å². The normalized spacial score (nSPS) is 15.5. The smallest absolute Gasteiger partial charge is 0.181 e. The van der Waals surface area contributed by atoms with E-state index in [1.165, 1.54) is 23.1 Å². The van der Waals surface area contributed by atoms with Crippen molar-refractivity contribution in [1.82, 2.24) is 0 Å². The fourth-order valence-corrected chi connectivity index (χ4v) is 4.33. The molecule has 3 nitrogen and oxygen atoms in total. The van der Waals surface area contributed by atoms with Crippen LogP contribution in [0.2, 0.25) is 0 Å². The Labute approximate surface area is 180 Å². The lowest BCUT2D eigenvalue weighted by atomic mass is 9.79. The number of hydrogen-bond acceptors (Lipinski definition) is 3. The van der Waals surface area contributed by atoms with Crippen molar-refractivity contribution in [3.63, 3.8) is 0 Å². The second-order valence-corrected chi connectivity index (χ2v) is 8.18. The Morgan fingerprint density at radius 2 is 1.32 bits per heavy atom. The van der Waals surface area contributed by atoms with Crippen LogP contribution < -0.4 is 0 Å². The van der Waals surface area contributed by atoms with Gasteiger partial charge in [-0.3, -0.25) is 0 Å². The van der Waals surface area contributed by atoms with Gasteiger partial charge in [-0.1, -0.05) is 90.7 Å². The zero-order valence-corrected chi connectivity index (χ0v) is 17.1. The highest BCUT2D eigenvalue weighted by Gasteiger charge is 2.45. The topological polar surface area (TPSA) is 60.7 Å². The Hall–Kier alpha value is -3.42. The molecule has 0 aliphatic heterocycles. The summed E-state index contributed by atoms with van der Waals surface area (Å²) in [5.74, 6) is 5.83. The van der Waals surface area contributed by atoms with Crippen LogP contribution in [0.15, 0.2) is 84.9 Å². The first-order valence-corrected chi connectivity index (χ1v) is 10.3. The average molecular weight is 406 g/mol. The Morgan fingerprint density at radius 3 is 2.00 bits per heavy atom. The van der Waals surface area contributed by atoms with Crippen LogP contribution in [0.3, 0.4) is 0 Å². The minimum absolute atomic E-state index is 0.483. The van der Waals surface area contributed by atoms with Gasteiger partial charge in [0.15, 0.2) is 5.60 Å². The van der Waals surface area contributed by atoms with E-state index in [-0.39, 0.29) is 0 Å². The predicted octanol–water partition coefficient (Wildman–Crippen LogP) is 4.57. The lowest BCUT2D eigenvalue weighted by Crippen LogP contribution is -2.51. The molecule has 0 saturated heterocycles. The maximum Gasteiger partial charge on any atom is 0.181 e. The molecule has 2 unspecified atom stereocenters. The molecule has 0 aliphatic carbocycles. The second-order valence-electron chi connectivity index (χ2n) is 8.18. The van der Waals surface area contributed by atoms with Crippen LogP contribution in [-0.4, -0.2) is 27.5 Å². The Kier molecular flexibility index (Phi) is 4.46. The molecule has 5 rings (SSSR count). The van der Waals surface area contributed by atoms with Crippen LogP contribution in [0.1, 0.15) is 18.1 Å². The molecule has 0 saturated carbocycles. The first kappa shape index (κ1) is 19.5. The lowest BCUT2D eigenvalue weighted by Gasteiger charge is -2.36. The summed E-state index contributed by atoms with van der Waals surface area (Å²) in [4.78, 5) is 0. The van der Waals surface area contributed by atoms with Crippen LogP contribution in [0.25, 0.3) is 32.3 Å². The monoisotopic (exact) mass is 406 g/mol. The lowest BCUT2D eigenvalue weighted by molar-refractivity contribution is -0.133. The molecular formula is C28H22O3. The van der Waals surface area contributed by atoms with Gasteiger partial charge >= 0.3 is 0 Å². The Balaban J connectivity index is 1.69. The molecule has 0 aliphatic rings. The van der Waals surface area contributed by atoms with Gasteiger partial charge < -0.3 is 15.3 Å². The third-order valence-electron chi connectivity index (χ3n) is 6.30. The molecule has 0 amide bonds. The van der Waals surface area contributed by atoms with E-state index >= 15 is 0 Å². The predicted molar refractivity (Wildman–Crippen MR) is 125 cm³/mol. The quantitative estimate of drug-likeness (QED) is 0.304. The Bertz CT molecular complexity index is 1440. The zero-order chi connectivity index (χ0) is 21.6. The number of aliphatic hydroxyl groups excluding tert-OH is 1. The summed E-state index contributed by atoms with van der Waals surface area (Å²) in [6.45, 7) is 0.769. The molecule has 152 valence electrons. The highest BCUT2D eigenvalue weighted by molar-refractivity contribution is 6.23. The summed E-state index contributed by atoms with van der Waals surface area (Å²) in [5, 5.41) is 39.0. The third-order valence-corrected chi connectivity index (χ3v) is 6.30. The van der Waals surface area contributed by atoms with Gasteiger partial charge in [0.25, 0.3) is 0 Å². The number of hydrogen-bond donors (Lipinski definition) is 3. The van der Waals surface area contributed by atoms with Crippen LogP contribution >= 0.6 is 0 Å². The second kappa shape index (κ2) is 7.08. The van der Waals surface area contributed by atoms with Gasteiger partial charge in [-0.25, -0.2) is 0 Å². The van der Waals surface area contributed by atoms with Crippen LogP contribution in [0.5, 0.6) is 0 Å². The van der Waals surface area contributed by atoms with Gasteiger partial charge in [0.2, 0.25) is 0 Å². The van der Waals surface area contributed by atoms with Crippen molar-refractivity contribution in [2.45, 2.75) is 18.1 Å². The number of aliphatic hydroxyl groups is 3. The molecule has 0 radical (unpaired) electrons. The molecule has 0 fully saturated rings. The first-order chi connectivity index (χ1) is 14.9. The fraction of sp³-hybridized carbons (Fsp3) is 0.143. The molecule has 0 bridgehead atoms. The largest absolute Gasteiger partial charge is 0.392 e. The first-order valence-electron chi connectivity index (χ1n) is 10.3. The minimum Gasteiger partial charge on any atom is -0.392 e. The average Bonchev–Trinajstić information content (AvgIpc) is 2.81. The molecule has 3 heteroatoms. The van der Waals surface area contributed by atoms with Crippen molar-refractivity contribution in [2.75, 3.05) is 6.61 Å². The molecule has 31 heavy (non-hydrogen) atoms. The van der Waals surface area contributed by atoms with E-state index in [1.807, 2.05) is 24.3 Å². The maximum atomic E-state index is 11.1. The van der Waals surface area contributed by atoms with Gasteiger partial charge in [0.1, 0.15) is 5.60 Å². The van der Waals surface area contributed by atoms with Crippen molar-refractivity contribution in [2.24, 2.45) is 0 Å². The van der Waals surface area contributed by atoms with Gasteiger partial charge in [-0.15, -0.1) is 0 Å². The summed E-state index contributed by atoms with van der Waals surface area (Å²) in [7, 11) is 0. The number of rotatable bonds is 3. The highest BCUT2D eigenvalue weighted by Crippen LogP contribution is 2.36. The van der Waals surface area contributed by atoms with Crippen molar-refractivity contribution < 1.29 is 15.3 Å². The van der Waals surface area contributed by atoms with E-state index in [2.05, 4.69) is 48.2 Å². The summed E-state index contributed by atoms with van der Waals surface area (Å²) in [5.41, 5.74) is -2.56. The van der Waals surface area contributed by atoms with E-state index in [1.54, 1.807) is 24.3 Å². The molecule has 5 aromatic rings. The van der Waals surface area contributed by atoms with E-state index in [0.29, 0.717) is 5.56 Å². The van der Waals surface area contributed by atoms with Gasteiger partial charge in [-0.2, -0.15) is 0 Å². The highest BCUT2D eigenvalue weighted by atomic mass is 16.4. The minimum atomic E-state index is -2.03. The number of benzene rings is 5.